The maximum absolute atomic E-state index is 12.4. The summed E-state index contributed by atoms with van der Waals surface area (Å²) in [5.41, 5.74) is -0.109. The summed E-state index contributed by atoms with van der Waals surface area (Å²) in [4.78, 5) is 40.4. The second-order valence-electron chi connectivity index (χ2n) is 6.52. The zero-order valence-electron chi connectivity index (χ0n) is 16.2. The number of aromatic nitrogens is 1. The van der Waals surface area contributed by atoms with Crippen LogP contribution in [0.5, 0.6) is 11.5 Å². The lowest BCUT2D eigenvalue weighted by atomic mass is 10.00. The molecule has 1 aliphatic heterocycles. The summed E-state index contributed by atoms with van der Waals surface area (Å²) in [6, 6.07) is 7.38. The van der Waals surface area contributed by atoms with Gasteiger partial charge in [0, 0.05) is 12.4 Å². The first-order chi connectivity index (χ1) is 13.9. The van der Waals surface area contributed by atoms with Crippen molar-refractivity contribution in [2.24, 2.45) is 5.10 Å². The van der Waals surface area contributed by atoms with Crippen LogP contribution in [-0.4, -0.2) is 46.8 Å². The second-order valence-corrected chi connectivity index (χ2v) is 6.52. The summed E-state index contributed by atoms with van der Waals surface area (Å²) in [6.07, 6.45) is 4.76. The summed E-state index contributed by atoms with van der Waals surface area (Å²) in [7, 11) is 1.43. The number of hydrazone groups is 1. The topological polar surface area (TPSA) is 110 Å². The van der Waals surface area contributed by atoms with Gasteiger partial charge in [0.15, 0.2) is 11.5 Å². The van der Waals surface area contributed by atoms with Crippen molar-refractivity contribution in [2.75, 3.05) is 7.11 Å². The normalized spacial score (nSPS) is 18.8. The van der Waals surface area contributed by atoms with E-state index in [1.165, 1.54) is 25.6 Å². The van der Waals surface area contributed by atoms with E-state index in [9.17, 15) is 14.4 Å². The first-order valence-electron chi connectivity index (χ1n) is 8.89. The fourth-order valence-electron chi connectivity index (χ4n) is 2.63. The number of pyridine rings is 1. The molecule has 0 unspecified atom stereocenters. The average molecular weight is 396 g/mol. The van der Waals surface area contributed by atoms with Gasteiger partial charge in [-0.2, -0.15) is 5.10 Å². The molecule has 1 aromatic carbocycles. The lowest BCUT2D eigenvalue weighted by molar-refractivity contribution is -0.130. The molecule has 0 radical (unpaired) electrons. The van der Waals surface area contributed by atoms with Crippen molar-refractivity contribution in [3.05, 3.63) is 53.9 Å². The molecule has 2 heterocycles. The van der Waals surface area contributed by atoms with Gasteiger partial charge in [0.25, 0.3) is 5.91 Å². The van der Waals surface area contributed by atoms with Crippen LogP contribution >= 0.6 is 0 Å². The van der Waals surface area contributed by atoms with Crippen molar-refractivity contribution in [1.29, 1.82) is 0 Å². The maximum atomic E-state index is 12.4. The Balaban J connectivity index is 1.77. The minimum absolute atomic E-state index is 0.215. The monoisotopic (exact) mass is 396 g/mol. The van der Waals surface area contributed by atoms with Crippen LogP contribution in [0.2, 0.25) is 0 Å². The molecule has 29 heavy (non-hydrogen) atoms. The highest BCUT2D eigenvalue weighted by Gasteiger charge is 2.46. The van der Waals surface area contributed by atoms with Crippen LogP contribution < -0.4 is 14.8 Å². The number of hydrogen-bond acceptors (Lipinski definition) is 7. The summed E-state index contributed by atoms with van der Waals surface area (Å²) in [6.45, 7) is 3.46. The Morgan fingerprint density at radius 1 is 1.31 bits per heavy atom. The highest BCUT2D eigenvalue weighted by Crippen LogP contribution is 2.28. The van der Waals surface area contributed by atoms with Gasteiger partial charge in [-0.3, -0.25) is 9.78 Å². The molecule has 1 aromatic heterocycles. The molecule has 1 atom stereocenters. The van der Waals surface area contributed by atoms with Gasteiger partial charge in [0.2, 0.25) is 0 Å². The minimum atomic E-state index is -0.962. The molecule has 1 fully saturated rings. The number of benzene rings is 1. The van der Waals surface area contributed by atoms with Gasteiger partial charge in [-0.05, 0) is 49.2 Å². The van der Waals surface area contributed by atoms with E-state index < -0.39 is 23.4 Å². The molecule has 3 rings (SSSR count). The number of hydrogen-bond donors (Lipinski definition) is 1. The van der Waals surface area contributed by atoms with E-state index in [1.807, 2.05) is 6.92 Å². The molecule has 150 valence electrons. The van der Waals surface area contributed by atoms with Crippen LogP contribution in [0.4, 0.5) is 4.79 Å². The molecule has 0 aliphatic carbocycles. The quantitative estimate of drug-likeness (QED) is 0.347. The number of carbonyl (C=O) groups is 3. The predicted octanol–water partition coefficient (Wildman–Crippen LogP) is 2.36. The van der Waals surface area contributed by atoms with E-state index in [1.54, 1.807) is 37.4 Å². The number of carbonyl (C=O) groups excluding carboxylic acids is 3. The van der Waals surface area contributed by atoms with E-state index in [2.05, 4.69) is 15.4 Å². The standard InChI is InChI=1S/C20H20N4O5/c1-4-20(2)18(26)24(19(27)23-20)22-11-13-7-8-15(16(10-13)28-3)29-17(25)14-6-5-9-21-12-14/h5-12H,4H2,1-3H3,(H,23,27)/b22-11-/t20-/m0/s1. The zero-order chi connectivity index (χ0) is 21.0. The van der Waals surface area contributed by atoms with Gasteiger partial charge in [-0.1, -0.05) is 6.92 Å². The molecule has 2 aromatic rings. The number of esters is 1. The van der Waals surface area contributed by atoms with Crippen molar-refractivity contribution in [3.8, 4) is 11.5 Å². The smallest absolute Gasteiger partial charge is 0.346 e. The number of nitrogens with one attached hydrogen (secondary N) is 1. The van der Waals surface area contributed by atoms with Crippen molar-refractivity contribution < 1.29 is 23.9 Å². The fraction of sp³-hybridized carbons (Fsp3) is 0.250. The van der Waals surface area contributed by atoms with E-state index in [0.717, 1.165) is 5.01 Å². The number of rotatable bonds is 6. The Bertz CT molecular complexity index is 976. The molecule has 1 aliphatic rings. The second kappa shape index (κ2) is 8.09. The summed E-state index contributed by atoms with van der Waals surface area (Å²) in [5, 5.41) is 7.41. The van der Waals surface area contributed by atoms with Crippen LogP contribution in [0.3, 0.4) is 0 Å². The maximum Gasteiger partial charge on any atom is 0.346 e. The summed E-state index contributed by atoms with van der Waals surface area (Å²) >= 11 is 0. The number of nitrogens with zero attached hydrogens (tertiary/aromatic N) is 3. The number of methoxy groups -OCH3 is 1. The number of ether oxygens (including phenoxy) is 2. The molecule has 0 spiro atoms. The third-order valence-electron chi connectivity index (χ3n) is 4.56. The van der Waals surface area contributed by atoms with Crippen molar-refractivity contribution in [3.63, 3.8) is 0 Å². The highest BCUT2D eigenvalue weighted by molar-refractivity contribution is 6.07. The number of amides is 3. The zero-order valence-corrected chi connectivity index (χ0v) is 16.2. The Kier molecular flexibility index (Phi) is 5.58. The molecular weight excluding hydrogens is 376 g/mol. The van der Waals surface area contributed by atoms with Gasteiger partial charge in [-0.25, -0.2) is 9.59 Å². The van der Waals surface area contributed by atoms with Gasteiger partial charge >= 0.3 is 12.0 Å². The van der Waals surface area contributed by atoms with Crippen LogP contribution in [0, 0.1) is 0 Å². The Hall–Kier alpha value is -3.75. The highest BCUT2D eigenvalue weighted by atomic mass is 16.6. The molecule has 0 bridgehead atoms. The van der Waals surface area contributed by atoms with Gasteiger partial charge in [-0.15, -0.1) is 5.01 Å². The van der Waals surface area contributed by atoms with Crippen molar-refractivity contribution in [1.82, 2.24) is 15.3 Å². The predicted molar refractivity (Wildman–Crippen MR) is 104 cm³/mol. The third kappa shape index (κ3) is 4.08. The van der Waals surface area contributed by atoms with Crippen LogP contribution in [-0.2, 0) is 4.79 Å². The average Bonchev–Trinajstić information content (AvgIpc) is 2.96. The SMILES string of the molecule is CC[C@]1(C)NC(=O)N(/N=C\c2ccc(OC(=O)c3cccnc3)c(OC)c2)C1=O. The largest absolute Gasteiger partial charge is 0.493 e. The Morgan fingerprint density at radius 3 is 2.72 bits per heavy atom. The molecular formula is C20H20N4O5. The van der Waals surface area contributed by atoms with Crippen molar-refractivity contribution in [2.45, 2.75) is 25.8 Å². The molecule has 0 saturated carbocycles. The summed E-state index contributed by atoms with van der Waals surface area (Å²) in [5.74, 6) is -0.486. The van der Waals surface area contributed by atoms with E-state index in [4.69, 9.17) is 9.47 Å². The van der Waals surface area contributed by atoms with E-state index in [-0.39, 0.29) is 5.75 Å². The van der Waals surface area contributed by atoms with E-state index >= 15 is 0 Å². The summed E-state index contributed by atoms with van der Waals surface area (Å²) < 4.78 is 10.6. The molecule has 9 heteroatoms. The molecule has 1 N–H and O–H groups in total. The van der Waals surface area contributed by atoms with Gasteiger partial charge < -0.3 is 14.8 Å². The Labute approximate surface area is 167 Å². The van der Waals surface area contributed by atoms with Crippen LogP contribution in [0.15, 0.2) is 47.8 Å². The minimum Gasteiger partial charge on any atom is -0.493 e. The number of imide groups is 1. The number of urea groups is 1. The Morgan fingerprint density at radius 2 is 2.10 bits per heavy atom. The van der Waals surface area contributed by atoms with Crippen LogP contribution in [0.1, 0.15) is 36.2 Å². The first kappa shape index (κ1) is 20.0. The van der Waals surface area contributed by atoms with Gasteiger partial charge in [0.05, 0.1) is 18.9 Å². The van der Waals surface area contributed by atoms with Crippen LogP contribution in [0.25, 0.3) is 0 Å². The lowest BCUT2D eigenvalue weighted by Crippen LogP contribution is -2.42. The first-order valence-corrected chi connectivity index (χ1v) is 8.89. The molecule has 1 saturated heterocycles. The fourth-order valence-corrected chi connectivity index (χ4v) is 2.63. The lowest BCUT2D eigenvalue weighted by Gasteiger charge is -2.17. The molecule has 3 amide bonds. The van der Waals surface area contributed by atoms with Crippen molar-refractivity contribution >= 4 is 24.1 Å². The van der Waals surface area contributed by atoms with E-state index in [0.29, 0.717) is 23.3 Å². The van der Waals surface area contributed by atoms with Gasteiger partial charge in [0.1, 0.15) is 5.54 Å². The third-order valence-corrected chi connectivity index (χ3v) is 4.56. The molecule has 9 nitrogen and oxygen atoms in total.